The Morgan fingerprint density at radius 2 is 1.96 bits per heavy atom. The number of aromatic nitrogens is 2. The average molecular weight is 385 g/mol. The minimum absolute atomic E-state index is 0.0752. The number of nitrogens with zero attached hydrogens (tertiary/aromatic N) is 3. The number of ether oxygens (including phenoxy) is 1. The fourth-order valence-electron chi connectivity index (χ4n) is 2.22. The lowest BCUT2D eigenvalue weighted by Crippen LogP contribution is -2.06. The van der Waals surface area contributed by atoms with Crippen LogP contribution in [0.2, 0.25) is 0 Å². The van der Waals surface area contributed by atoms with Crippen LogP contribution in [-0.4, -0.2) is 21.0 Å². The Kier molecular flexibility index (Phi) is 5.51. The number of nitro groups is 1. The van der Waals surface area contributed by atoms with Crippen LogP contribution in [0, 0.1) is 24.0 Å². The molecule has 0 aliphatic carbocycles. The molecule has 0 amide bonds. The molecular formula is C18H15N3O5S. The van der Waals surface area contributed by atoms with Crippen molar-refractivity contribution >= 4 is 23.4 Å². The van der Waals surface area contributed by atoms with Crippen molar-refractivity contribution in [2.75, 3.05) is 0 Å². The number of carbonyl (C=O) groups excluding carboxylic acids is 1. The van der Waals surface area contributed by atoms with Crippen LogP contribution >= 0.6 is 11.8 Å². The van der Waals surface area contributed by atoms with E-state index in [1.165, 1.54) is 30.0 Å². The maximum atomic E-state index is 12.2. The van der Waals surface area contributed by atoms with E-state index in [2.05, 4.69) is 10.1 Å². The standard InChI is InChI=1S/C18H15N3O5S/c1-11-3-6-14(7-4-11)27-16-8-5-13(9-15(16)21(23)24)18(22)25-10-17-19-12(2)20-26-17/h3-9H,10H2,1-2H3. The molecule has 0 aliphatic heterocycles. The fourth-order valence-corrected chi connectivity index (χ4v) is 3.12. The van der Waals surface area contributed by atoms with Crippen molar-refractivity contribution < 1.29 is 19.0 Å². The second-order valence-corrected chi connectivity index (χ2v) is 6.78. The van der Waals surface area contributed by atoms with Gasteiger partial charge < -0.3 is 9.26 Å². The van der Waals surface area contributed by atoms with Crippen molar-refractivity contribution in [2.24, 2.45) is 0 Å². The van der Waals surface area contributed by atoms with Gasteiger partial charge in [-0.15, -0.1) is 0 Å². The normalized spacial score (nSPS) is 10.6. The second-order valence-electron chi connectivity index (χ2n) is 5.67. The molecule has 1 heterocycles. The summed E-state index contributed by atoms with van der Waals surface area (Å²) in [4.78, 5) is 28.3. The number of aryl methyl sites for hydroxylation is 2. The van der Waals surface area contributed by atoms with Crippen LogP contribution in [0.15, 0.2) is 56.8 Å². The molecule has 3 aromatic rings. The van der Waals surface area contributed by atoms with Gasteiger partial charge in [-0.3, -0.25) is 10.1 Å². The highest BCUT2D eigenvalue weighted by Gasteiger charge is 2.20. The maximum Gasteiger partial charge on any atom is 0.338 e. The Balaban J connectivity index is 1.77. The molecule has 0 aliphatic rings. The van der Waals surface area contributed by atoms with E-state index in [9.17, 15) is 14.9 Å². The van der Waals surface area contributed by atoms with Crippen LogP contribution in [0.5, 0.6) is 0 Å². The average Bonchev–Trinajstić information content (AvgIpc) is 3.07. The molecule has 27 heavy (non-hydrogen) atoms. The number of rotatable bonds is 6. The van der Waals surface area contributed by atoms with E-state index < -0.39 is 10.9 Å². The van der Waals surface area contributed by atoms with Gasteiger partial charge in [0.1, 0.15) is 0 Å². The summed E-state index contributed by atoms with van der Waals surface area (Å²) in [6, 6.07) is 11.9. The molecule has 0 unspecified atom stereocenters. The molecule has 0 fully saturated rings. The largest absolute Gasteiger partial charge is 0.452 e. The van der Waals surface area contributed by atoms with Crippen molar-refractivity contribution in [3.05, 3.63) is 75.4 Å². The van der Waals surface area contributed by atoms with Gasteiger partial charge in [0.05, 0.1) is 15.4 Å². The third kappa shape index (κ3) is 4.70. The van der Waals surface area contributed by atoms with Gasteiger partial charge in [0.15, 0.2) is 12.4 Å². The van der Waals surface area contributed by atoms with Crippen molar-refractivity contribution in [3.8, 4) is 0 Å². The lowest BCUT2D eigenvalue weighted by molar-refractivity contribution is -0.387. The summed E-state index contributed by atoms with van der Waals surface area (Å²) < 4.78 is 9.93. The molecule has 9 heteroatoms. The first kappa shape index (κ1) is 18.6. The van der Waals surface area contributed by atoms with Crippen LogP contribution in [0.4, 0.5) is 5.69 Å². The minimum atomic E-state index is -0.708. The number of carbonyl (C=O) groups is 1. The van der Waals surface area contributed by atoms with Crippen molar-refractivity contribution in [1.82, 2.24) is 10.1 Å². The van der Waals surface area contributed by atoms with Gasteiger partial charge in [-0.2, -0.15) is 4.98 Å². The number of benzene rings is 2. The Morgan fingerprint density at radius 1 is 1.22 bits per heavy atom. The van der Waals surface area contributed by atoms with Gasteiger partial charge >= 0.3 is 5.97 Å². The van der Waals surface area contributed by atoms with E-state index in [0.717, 1.165) is 10.5 Å². The zero-order valence-corrected chi connectivity index (χ0v) is 15.4. The molecule has 1 aromatic heterocycles. The molecule has 0 N–H and O–H groups in total. The monoisotopic (exact) mass is 385 g/mol. The highest BCUT2D eigenvalue weighted by Crippen LogP contribution is 2.35. The van der Waals surface area contributed by atoms with Gasteiger partial charge in [0.2, 0.25) is 0 Å². The highest BCUT2D eigenvalue weighted by atomic mass is 32.2. The van der Waals surface area contributed by atoms with E-state index in [4.69, 9.17) is 9.26 Å². The maximum absolute atomic E-state index is 12.2. The molecule has 0 radical (unpaired) electrons. The Morgan fingerprint density at radius 3 is 2.59 bits per heavy atom. The predicted octanol–water partition coefficient (Wildman–Crippen LogP) is 4.10. The van der Waals surface area contributed by atoms with Crippen LogP contribution in [0.3, 0.4) is 0 Å². The predicted molar refractivity (Wildman–Crippen MR) is 96.6 cm³/mol. The van der Waals surface area contributed by atoms with Gasteiger partial charge in [0, 0.05) is 11.0 Å². The first-order chi connectivity index (χ1) is 12.9. The number of nitro benzene ring substituents is 1. The summed E-state index contributed by atoms with van der Waals surface area (Å²) >= 11 is 1.26. The molecule has 8 nitrogen and oxygen atoms in total. The van der Waals surface area contributed by atoms with Crippen molar-refractivity contribution in [3.63, 3.8) is 0 Å². The highest BCUT2D eigenvalue weighted by molar-refractivity contribution is 7.99. The summed E-state index contributed by atoms with van der Waals surface area (Å²) in [6.07, 6.45) is 0. The number of hydrogen-bond donors (Lipinski definition) is 0. The van der Waals surface area contributed by atoms with E-state index in [1.54, 1.807) is 6.92 Å². The third-order valence-corrected chi connectivity index (χ3v) is 4.61. The minimum Gasteiger partial charge on any atom is -0.452 e. The van der Waals surface area contributed by atoms with E-state index in [1.807, 2.05) is 31.2 Å². The third-order valence-electron chi connectivity index (χ3n) is 3.54. The fraction of sp³-hybridized carbons (Fsp3) is 0.167. The second kappa shape index (κ2) is 8.00. The zero-order chi connectivity index (χ0) is 19.4. The van der Waals surface area contributed by atoms with Crippen LogP contribution in [-0.2, 0) is 11.3 Å². The summed E-state index contributed by atoms with van der Waals surface area (Å²) in [6.45, 7) is 3.41. The van der Waals surface area contributed by atoms with Gasteiger partial charge in [-0.1, -0.05) is 34.6 Å². The van der Waals surface area contributed by atoms with Gasteiger partial charge in [-0.25, -0.2) is 4.79 Å². The number of hydrogen-bond acceptors (Lipinski definition) is 8. The first-order valence-corrected chi connectivity index (χ1v) is 8.73. The molecule has 138 valence electrons. The molecule has 2 aromatic carbocycles. The topological polar surface area (TPSA) is 108 Å². The van der Waals surface area contributed by atoms with Gasteiger partial charge in [-0.05, 0) is 38.1 Å². The van der Waals surface area contributed by atoms with Crippen molar-refractivity contribution in [1.29, 1.82) is 0 Å². The molecule has 0 atom stereocenters. The van der Waals surface area contributed by atoms with Crippen molar-refractivity contribution in [2.45, 2.75) is 30.2 Å². The van der Waals surface area contributed by atoms with Gasteiger partial charge in [0.25, 0.3) is 11.6 Å². The van der Waals surface area contributed by atoms with Crippen LogP contribution in [0.25, 0.3) is 0 Å². The SMILES string of the molecule is Cc1ccc(Sc2ccc(C(=O)OCc3nc(C)no3)cc2[N+](=O)[O-])cc1. The molecule has 0 saturated heterocycles. The summed E-state index contributed by atoms with van der Waals surface area (Å²) in [5.74, 6) is -0.128. The lowest BCUT2D eigenvalue weighted by Gasteiger charge is -2.06. The number of esters is 1. The Bertz CT molecular complexity index is 985. The molecular weight excluding hydrogens is 370 g/mol. The van der Waals surface area contributed by atoms with Crippen LogP contribution in [0.1, 0.15) is 27.6 Å². The van der Waals surface area contributed by atoms with Crippen LogP contribution < -0.4 is 0 Å². The van der Waals surface area contributed by atoms with E-state index in [-0.39, 0.29) is 23.7 Å². The molecule has 3 rings (SSSR count). The molecule has 0 spiro atoms. The quantitative estimate of drug-likeness (QED) is 0.354. The summed E-state index contributed by atoms with van der Waals surface area (Å²) in [5.41, 5.74) is 1.01. The van der Waals surface area contributed by atoms with E-state index in [0.29, 0.717) is 10.7 Å². The molecule has 0 saturated carbocycles. The Hall–Kier alpha value is -3.20. The smallest absolute Gasteiger partial charge is 0.338 e. The Labute approximate surface area is 158 Å². The lowest BCUT2D eigenvalue weighted by atomic mass is 10.2. The summed E-state index contributed by atoms with van der Waals surface area (Å²) in [5, 5.41) is 15.0. The van der Waals surface area contributed by atoms with E-state index >= 15 is 0 Å². The molecule has 0 bridgehead atoms. The summed E-state index contributed by atoms with van der Waals surface area (Å²) in [7, 11) is 0. The zero-order valence-electron chi connectivity index (χ0n) is 14.5. The first-order valence-electron chi connectivity index (χ1n) is 7.91.